The Labute approximate surface area is 132 Å². The molecule has 2 aromatic heterocycles. The number of aromatic nitrogens is 5. The van der Waals surface area contributed by atoms with Crippen molar-refractivity contribution in [1.82, 2.24) is 25.6 Å². The van der Waals surface area contributed by atoms with E-state index in [-0.39, 0.29) is 0 Å². The van der Waals surface area contributed by atoms with Crippen LogP contribution in [0.3, 0.4) is 0 Å². The van der Waals surface area contributed by atoms with Crippen LogP contribution < -0.4 is 0 Å². The van der Waals surface area contributed by atoms with Crippen molar-refractivity contribution in [2.75, 3.05) is 0 Å². The fraction of sp³-hybridized carbons (Fsp3) is 0.250. The zero-order valence-corrected chi connectivity index (χ0v) is 13.2. The van der Waals surface area contributed by atoms with Crippen LogP contribution in [0, 0.1) is 17.8 Å². The molecule has 5 nitrogen and oxygen atoms in total. The number of rotatable bonds is 3. The molecule has 6 heteroatoms. The SMILES string of the molecule is CC(C)Cc1csc(C#Cc2cccc(-c3nn[nH]n3)c2)n1. The van der Waals surface area contributed by atoms with Crippen LogP contribution in [-0.2, 0) is 6.42 Å². The normalized spacial score (nSPS) is 10.5. The summed E-state index contributed by atoms with van der Waals surface area (Å²) in [6.45, 7) is 4.38. The summed E-state index contributed by atoms with van der Waals surface area (Å²) in [6.07, 6.45) is 0.992. The lowest BCUT2D eigenvalue weighted by atomic mass is 10.1. The third-order valence-corrected chi connectivity index (χ3v) is 3.76. The molecule has 0 fully saturated rings. The van der Waals surface area contributed by atoms with Gasteiger partial charge in [0, 0.05) is 16.5 Å². The fourth-order valence-electron chi connectivity index (χ4n) is 2.02. The molecule has 0 radical (unpaired) electrons. The second kappa shape index (κ2) is 6.50. The lowest BCUT2D eigenvalue weighted by molar-refractivity contribution is 0.637. The van der Waals surface area contributed by atoms with E-state index < -0.39 is 0 Å². The smallest absolute Gasteiger partial charge is 0.204 e. The fourth-order valence-corrected chi connectivity index (χ4v) is 2.70. The Morgan fingerprint density at radius 1 is 1.27 bits per heavy atom. The van der Waals surface area contributed by atoms with Crippen molar-refractivity contribution in [3.63, 3.8) is 0 Å². The van der Waals surface area contributed by atoms with Crippen molar-refractivity contribution in [2.45, 2.75) is 20.3 Å². The summed E-state index contributed by atoms with van der Waals surface area (Å²) in [7, 11) is 0. The number of hydrogen-bond acceptors (Lipinski definition) is 5. The number of tetrazole rings is 1. The van der Waals surface area contributed by atoms with Crippen LogP contribution in [-0.4, -0.2) is 25.6 Å². The molecular formula is C16H15N5S. The highest BCUT2D eigenvalue weighted by molar-refractivity contribution is 7.10. The molecule has 0 aliphatic rings. The third-order valence-electron chi connectivity index (χ3n) is 2.95. The molecule has 0 unspecified atom stereocenters. The molecule has 0 aliphatic heterocycles. The Morgan fingerprint density at radius 2 is 2.18 bits per heavy atom. The summed E-state index contributed by atoms with van der Waals surface area (Å²) in [5, 5.41) is 16.9. The van der Waals surface area contributed by atoms with Gasteiger partial charge in [0.05, 0.1) is 5.69 Å². The van der Waals surface area contributed by atoms with Crippen LogP contribution in [0.15, 0.2) is 29.6 Å². The van der Waals surface area contributed by atoms with Crippen molar-refractivity contribution < 1.29 is 0 Å². The molecule has 0 atom stereocenters. The number of aromatic amines is 1. The standard InChI is InChI=1S/C16H15N5S/c1-11(2)8-14-10-22-15(17-14)7-6-12-4-3-5-13(9-12)16-18-20-21-19-16/h3-5,9-11H,8H2,1-2H3,(H,18,19,20,21). The summed E-state index contributed by atoms with van der Waals surface area (Å²) in [5.74, 6) is 7.43. The van der Waals surface area contributed by atoms with Gasteiger partial charge in [0.2, 0.25) is 5.82 Å². The van der Waals surface area contributed by atoms with Gasteiger partial charge in [-0.05, 0) is 35.6 Å². The van der Waals surface area contributed by atoms with Gasteiger partial charge in [-0.1, -0.05) is 31.9 Å². The van der Waals surface area contributed by atoms with Gasteiger partial charge in [-0.2, -0.15) is 5.21 Å². The molecule has 0 aliphatic carbocycles. The van der Waals surface area contributed by atoms with E-state index in [0.29, 0.717) is 11.7 Å². The van der Waals surface area contributed by atoms with Crippen LogP contribution in [0.2, 0.25) is 0 Å². The van der Waals surface area contributed by atoms with Gasteiger partial charge in [0.25, 0.3) is 0 Å². The zero-order chi connectivity index (χ0) is 15.4. The largest absolute Gasteiger partial charge is 0.233 e. The Kier molecular flexibility index (Phi) is 4.26. The van der Waals surface area contributed by atoms with Crippen molar-refractivity contribution in [3.8, 4) is 23.2 Å². The first-order chi connectivity index (χ1) is 10.7. The molecule has 3 rings (SSSR count). The summed E-state index contributed by atoms with van der Waals surface area (Å²) in [4.78, 5) is 4.54. The van der Waals surface area contributed by atoms with E-state index in [1.807, 2.05) is 24.3 Å². The molecule has 0 spiro atoms. The summed E-state index contributed by atoms with van der Waals surface area (Å²) in [5.41, 5.74) is 2.91. The predicted molar refractivity (Wildman–Crippen MR) is 86.2 cm³/mol. The number of nitrogens with one attached hydrogen (secondary N) is 1. The molecule has 2 heterocycles. The van der Waals surface area contributed by atoms with Gasteiger partial charge in [0.15, 0.2) is 5.01 Å². The maximum atomic E-state index is 4.54. The first-order valence-corrected chi connectivity index (χ1v) is 7.89. The van der Waals surface area contributed by atoms with Crippen molar-refractivity contribution >= 4 is 11.3 Å². The van der Waals surface area contributed by atoms with Crippen LogP contribution >= 0.6 is 11.3 Å². The molecule has 0 bridgehead atoms. The van der Waals surface area contributed by atoms with Gasteiger partial charge >= 0.3 is 0 Å². The van der Waals surface area contributed by atoms with E-state index in [0.717, 1.165) is 28.2 Å². The quantitative estimate of drug-likeness (QED) is 0.755. The second-order valence-corrected chi connectivity index (χ2v) is 6.17. The van der Waals surface area contributed by atoms with Crippen LogP contribution in [0.25, 0.3) is 11.4 Å². The number of thiazole rings is 1. The lowest BCUT2D eigenvalue weighted by Gasteiger charge is -1.98. The minimum Gasteiger partial charge on any atom is -0.233 e. The predicted octanol–water partition coefficient (Wildman–Crippen LogP) is 2.92. The maximum Gasteiger partial charge on any atom is 0.204 e. The van der Waals surface area contributed by atoms with Gasteiger partial charge in [-0.3, -0.25) is 0 Å². The maximum absolute atomic E-state index is 4.54. The highest BCUT2D eigenvalue weighted by Crippen LogP contribution is 2.15. The minimum atomic E-state index is 0.567. The number of nitrogens with zero attached hydrogens (tertiary/aromatic N) is 4. The van der Waals surface area contributed by atoms with E-state index in [1.165, 1.54) is 0 Å². The second-order valence-electron chi connectivity index (χ2n) is 5.31. The first-order valence-electron chi connectivity index (χ1n) is 7.01. The number of benzene rings is 1. The molecule has 0 saturated carbocycles. The van der Waals surface area contributed by atoms with Crippen molar-refractivity contribution in [3.05, 3.63) is 45.9 Å². The molecule has 0 saturated heterocycles. The number of hydrogen-bond donors (Lipinski definition) is 1. The first kappa shape index (κ1) is 14.4. The van der Waals surface area contributed by atoms with Crippen molar-refractivity contribution in [2.24, 2.45) is 5.92 Å². The molecule has 1 N–H and O–H groups in total. The van der Waals surface area contributed by atoms with Crippen molar-refractivity contribution in [1.29, 1.82) is 0 Å². The minimum absolute atomic E-state index is 0.567. The van der Waals surface area contributed by atoms with Gasteiger partial charge in [-0.15, -0.1) is 21.5 Å². The van der Waals surface area contributed by atoms with Crippen LogP contribution in [0.4, 0.5) is 0 Å². The Bertz CT molecular complexity index is 808. The van der Waals surface area contributed by atoms with E-state index in [4.69, 9.17) is 0 Å². The van der Waals surface area contributed by atoms with E-state index >= 15 is 0 Å². The Balaban J connectivity index is 1.79. The lowest BCUT2D eigenvalue weighted by Crippen LogP contribution is -1.93. The van der Waals surface area contributed by atoms with E-state index in [9.17, 15) is 0 Å². The highest BCUT2D eigenvalue weighted by Gasteiger charge is 2.03. The topological polar surface area (TPSA) is 67.3 Å². The average molecular weight is 309 g/mol. The van der Waals surface area contributed by atoms with Crippen LogP contribution in [0.5, 0.6) is 0 Å². The molecule has 22 heavy (non-hydrogen) atoms. The average Bonchev–Trinajstić information content (AvgIpc) is 3.16. The van der Waals surface area contributed by atoms with Crippen LogP contribution in [0.1, 0.15) is 30.1 Å². The summed E-state index contributed by atoms with van der Waals surface area (Å²) in [6, 6.07) is 7.77. The van der Waals surface area contributed by atoms with Gasteiger partial charge < -0.3 is 0 Å². The Hall–Kier alpha value is -2.52. The van der Waals surface area contributed by atoms with Gasteiger partial charge in [0.1, 0.15) is 0 Å². The third kappa shape index (κ3) is 3.57. The molecule has 3 aromatic rings. The monoisotopic (exact) mass is 309 g/mol. The molecule has 1 aromatic carbocycles. The molecule has 0 amide bonds. The van der Waals surface area contributed by atoms with E-state index in [1.54, 1.807) is 11.3 Å². The Morgan fingerprint density at radius 3 is 2.95 bits per heavy atom. The molecular weight excluding hydrogens is 294 g/mol. The zero-order valence-electron chi connectivity index (χ0n) is 12.4. The number of H-pyrrole nitrogens is 1. The highest BCUT2D eigenvalue weighted by atomic mass is 32.1. The van der Waals surface area contributed by atoms with Gasteiger partial charge in [-0.25, -0.2) is 4.98 Å². The summed E-state index contributed by atoms with van der Waals surface area (Å²) < 4.78 is 0. The van der Waals surface area contributed by atoms with E-state index in [2.05, 4.69) is 56.7 Å². The summed E-state index contributed by atoms with van der Waals surface area (Å²) >= 11 is 1.59. The molecule has 110 valence electrons.